The molecule has 1 N–H and O–H groups in total. The van der Waals surface area contributed by atoms with Crippen LogP contribution >= 0.6 is 27.3 Å². The first-order chi connectivity index (χ1) is 9.20. The van der Waals surface area contributed by atoms with Gasteiger partial charge in [-0.1, -0.05) is 22.4 Å². The monoisotopic (exact) mass is 343 g/mol. The van der Waals surface area contributed by atoms with Gasteiger partial charge in [-0.3, -0.25) is 4.79 Å². The number of fused-ring (bicyclic) bond motifs is 1. The second kappa shape index (κ2) is 7.44. The van der Waals surface area contributed by atoms with Crippen LogP contribution in [0.15, 0.2) is 6.07 Å². The van der Waals surface area contributed by atoms with Gasteiger partial charge in [0.15, 0.2) is 0 Å². The number of hydrogen-bond acceptors (Lipinski definition) is 2. The van der Waals surface area contributed by atoms with E-state index in [1.54, 1.807) is 11.3 Å². The third-order valence-corrected chi connectivity index (χ3v) is 5.42. The number of aryl methyl sites for hydroxylation is 2. The summed E-state index contributed by atoms with van der Waals surface area (Å²) in [6.45, 7) is 2.08. The summed E-state index contributed by atoms with van der Waals surface area (Å²) in [6.07, 6.45) is 8.31. The van der Waals surface area contributed by atoms with Crippen LogP contribution in [0.3, 0.4) is 0 Å². The van der Waals surface area contributed by atoms with Crippen LogP contribution in [0.2, 0.25) is 0 Å². The van der Waals surface area contributed by atoms with Crippen molar-refractivity contribution in [3.8, 4) is 0 Å². The lowest BCUT2D eigenvalue weighted by atomic mass is 10.1. The Morgan fingerprint density at radius 1 is 1.42 bits per heavy atom. The molecule has 0 bridgehead atoms. The van der Waals surface area contributed by atoms with Gasteiger partial charge in [0.25, 0.3) is 5.91 Å². The normalized spacial score (nSPS) is 16.5. The highest BCUT2D eigenvalue weighted by molar-refractivity contribution is 9.09. The quantitative estimate of drug-likeness (QED) is 0.626. The molecule has 2 nitrogen and oxygen atoms in total. The Balaban J connectivity index is 1.96. The lowest BCUT2D eigenvalue weighted by Gasteiger charge is -2.12. The van der Waals surface area contributed by atoms with E-state index in [0.717, 1.165) is 35.9 Å². The Hall–Kier alpha value is -0.350. The number of thiophene rings is 1. The summed E-state index contributed by atoms with van der Waals surface area (Å²) in [5.74, 6) is 0.111. The molecule has 1 heterocycles. The van der Waals surface area contributed by atoms with Gasteiger partial charge in [0, 0.05) is 16.2 Å². The molecule has 1 aliphatic rings. The van der Waals surface area contributed by atoms with Crippen molar-refractivity contribution in [1.82, 2.24) is 5.32 Å². The molecule has 0 saturated carbocycles. The Bertz CT molecular complexity index is 406. The minimum Gasteiger partial charge on any atom is -0.349 e. The lowest BCUT2D eigenvalue weighted by Crippen LogP contribution is -2.32. The van der Waals surface area contributed by atoms with E-state index in [1.807, 2.05) is 0 Å². The van der Waals surface area contributed by atoms with Gasteiger partial charge in [-0.2, -0.15) is 0 Å². The average molecular weight is 344 g/mol. The molecule has 0 radical (unpaired) electrons. The summed E-state index contributed by atoms with van der Waals surface area (Å²) in [4.78, 5) is 14.6. The zero-order chi connectivity index (χ0) is 13.7. The van der Waals surface area contributed by atoms with Crippen molar-refractivity contribution in [2.24, 2.45) is 0 Å². The number of carbonyl (C=O) groups excluding carboxylic acids is 1. The zero-order valence-electron chi connectivity index (χ0n) is 11.5. The van der Waals surface area contributed by atoms with E-state index in [2.05, 4.69) is 34.2 Å². The molecule has 0 aromatic carbocycles. The maximum Gasteiger partial charge on any atom is 0.261 e. The third kappa shape index (κ3) is 4.32. The Kier molecular flexibility index (Phi) is 5.89. The fourth-order valence-electron chi connectivity index (χ4n) is 2.53. The second-order valence-electron chi connectivity index (χ2n) is 5.33. The van der Waals surface area contributed by atoms with Gasteiger partial charge in [0.2, 0.25) is 0 Å². The van der Waals surface area contributed by atoms with Gasteiger partial charge in [0.05, 0.1) is 4.88 Å². The van der Waals surface area contributed by atoms with Gasteiger partial charge in [0.1, 0.15) is 0 Å². The fraction of sp³-hybridized carbons (Fsp3) is 0.667. The van der Waals surface area contributed by atoms with Crippen molar-refractivity contribution in [2.45, 2.75) is 57.9 Å². The third-order valence-electron chi connectivity index (χ3n) is 3.62. The van der Waals surface area contributed by atoms with Crippen molar-refractivity contribution >= 4 is 33.2 Å². The highest BCUT2D eigenvalue weighted by atomic mass is 79.9. The summed E-state index contributed by atoms with van der Waals surface area (Å²) in [7, 11) is 0. The average Bonchev–Trinajstić information content (AvgIpc) is 2.68. The molecule has 1 aliphatic carbocycles. The van der Waals surface area contributed by atoms with E-state index in [9.17, 15) is 4.79 Å². The number of amides is 1. The first-order valence-corrected chi connectivity index (χ1v) is 9.13. The molecule has 2 rings (SSSR count). The van der Waals surface area contributed by atoms with Crippen molar-refractivity contribution in [3.63, 3.8) is 0 Å². The summed E-state index contributed by atoms with van der Waals surface area (Å²) in [5.41, 5.74) is 1.42. The molecule has 0 aliphatic heterocycles. The molecule has 19 heavy (non-hydrogen) atoms. The predicted molar refractivity (Wildman–Crippen MR) is 85.5 cm³/mol. The number of hydrogen-bond donors (Lipinski definition) is 1. The number of alkyl halides is 1. The fourth-order valence-corrected chi connectivity index (χ4v) is 4.01. The van der Waals surface area contributed by atoms with Crippen LogP contribution in [-0.4, -0.2) is 17.3 Å². The molecule has 0 saturated heterocycles. The molecule has 1 amide bonds. The molecular weight excluding hydrogens is 322 g/mol. The van der Waals surface area contributed by atoms with Crippen molar-refractivity contribution in [1.29, 1.82) is 0 Å². The molecular formula is C15H22BrNOS. The highest BCUT2D eigenvalue weighted by Crippen LogP contribution is 2.29. The van der Waals surface area contributed by atoms with E-state index in [4.69, 9.17) is 0 Å². The first kappa shape index (κ1) is 15.0. The van der Waals surface area contributed by atoms with Gasteiger partial charge in [-0.05, 0) is 57.1 Å². The number of halogens is 1. The van der Waals surface area contributed by atoms with Crippen LogP contribution in [0, 0.1) is 0 Å². The Morgan fingerprint density at radius 2 is 2.21 bits per heavy atom. The molecule has 1 unspecified atom stereocenters. The summed E-state index contributed by atoms with van der Waals surface area (Å²) >= 11 is 5.13. The number of nitrogens with one attached hydrogen (secondary N) is 1. The summed E-state index contributed by atoms with van der Waals surface area (Å²) < 4.78 is 0. The Morgan fingerprint density at radius 3 is 3.00 bits per heavy atom. The van der Waals surface area contributed by atoms with Gasteiger partial charge >= 0.3 is 0 Å². The SMILES string of the molecule is CC(CCCBr)NC(=O)c1cc2c(s1)CCCCC2. The summed E-state index contributed by atoms with van der Waals surface area (Å²) in [6, 6.07) is 2.38. The molecule has 106 valence electrons. The van der Waals surface area contributed by atoms with Crippen LogP contribution in [0.25, 0.3) is 0 Å². The smallest absolute Gasteiger partial charge is 0.261 e. The lowest BCUT2D eigenvalue weighted by molar-refractivity contribution is 0.0942. The highest BCUT2D eigenvalue weighted by Gasteiger charge is 2.17. The predicted octanol–water partition coefficient (Wildman–Crippen LogP) is 4.31. The summed E-state index contributed by atoms with van der Waals surface area (Å²) in [5, 5.41) is 4.11. The standard InChI is InChI=1S/C15H22BrNOS/c1-11(6-5-9-16)17-15(18)14-10-12-7-3-2-4-8-13(12)19-14/h10-11H,2-9H2,1H3,(H,17,18). The molecule has 4 heteroatoms. The van der Waals surface area contributed by atoms with E-state index in [-0.39, 0.29) is 11.9 Å². The van der Waals surface area contributed by atoms with Crippen LogP contribution in [-0.2, 0) is 12.8 Å². The van der Waals surface area contributed by atoms with Crippen LogP contribution in [0.5, 0.6) is 0 Å². The van der Waals surface area contributed by atoms with E-state index in [1.165, 1.54) is 29.7 Å². The molecule has 0 fully saturated rings. The zero-order valence-corrected chi connectivity index (χ0v) is 13.9. The Labute approximate surface area is 128 Å². The largest absolute Gasteiger partial charge is 0.349 e. The minimum absolute atomic E-state index is 0.111. The maximum atomic E-state index is 12.2. The van der Waals surface area contributed by atoms with Crippen molar-refractivity contribution < 1.29 is 4.79 Å². The molecule has 1 aromatic rings. The van der Waals surface area contributed by atoms with Crippen LogP contribution in [0.4, 0.5) is 0 Å². The minimum atomic E-state index is 0.111. The van der Waals surface area contributed by atoms with E-state index < -0.39 is 0 Å². The number of carbonyl (C=O) groups is 1. The van der Waals surface area contributed by atoms with Crippen LogP contribution < -0.4 is 5.32 Å². The maximum absolute atomic E-state index is 12.2. The van der Waals surface area contributed by atoms with Crippen molar-refractivity contribution in [2.75, 3.05) is 5.33 Å². The number of rotatable bonds is 5. The van der Waals surface area contributed by atoms with Crippen molar-refractivity contribution in [3.05, 3.63) is 21.4 Å². The molecule has 1 aromatic heterocycles. The van der Waals surface area contributed by atoms with E-state index >= 15 is 0 Å². The van der Waals surface area contributed by atoms with Gasteiger partial charge in [-0.15, -0.1) is 11.3 Å². The van der Waals surface area contributed by atoms with Gasteiger partial charge in [-0.25, -0.2) is 0 Å². The second-order valence-corrected chi connectivity index (χ2v) is 7.26. The first-order valence-electron chi connectivity index (χ1n) is 7.19. The topological polar surface area (TPSA) is 29.1 Å². The molecule has 0 spiro atoms. The van der Waals surface area contributed by atoms with Gasteiger partial charge < -0.3 is 5.32 Å². The van der Waals surface area contributed by atoms with Crippen LogP contribution in [0.1, 0.15) is 59.1 Å². The van der Waals surface area contributed by atoms with E-state index in [0.29, 0.717) is 0 Å². The molecule has 1 atom stereocenters.